The van der Waals surface area contributed by atoms with Crippen molar-refractivity contribution in [1.82, 2.24) is 0 Å². The van der Waals surface area contributed by atoms with Gasteiger partial charge < -0.3 is 24.3 Å². The summed E-state index contributed by atoms with van der Waals surface area (Å²) < 4.78 is 21.9. The van der Waals surface area contributed by atoms with E-state index in [1.807, 2.05) is 43.3 Å². The number of benzene rings is 3. The van der Waals surface area contributed by atoms with Crippen molar-refractivity contribution in [2.45, 2.75) is 6.92 Å². The molecule has 4 rings (SSSR count). The van der Waals surface area contributed by atoms with E-state index < -0.39 is 0 Å². The van der Waals surface area contributed by atoms with Gasteiger partial charge in [-0.05, 0) is 60.5 Å². The second kappa shape index (κ2) is 9.48. The van der Waals surface area contributed by atoms with E-state index >= 15 is 0 Å². The molecule has 0 aromatic heterocycles. The maximum atomic E-state index is 12.7. The first-order valence-electron chi connectivity index (χ1n) is 10.3. The molecule has 168 valence electrons. The van der Waals surface area contributed by atoms with Crippen molar-refractivity contribution in [2.75, 3.05) is 26.1 Å². The highest BCUT2D eigenvalue weighted by molar-refractivity contribution is 6.14. The van der Waals surface area contributed by atoms with Crippen LogP contribution in [0, 0.1) is 6.92 Å². The number of anilines is 1. The number of amides is 1. The molecule has 0 aliphatic carbocycles. The minimum atomic E-state index is -0.338. The van der Waals surface area contributed by atoms with Crippen molar-refractivity contribution in [1.29, 1.82) is 0 Å². The lowest BCUT2D eigenvalue weighted by atomic mass is 10.1. The number of Topliss-reactive ketones (excluding diaryl/α,β-unsaturated/α-hetero) is 1. The van der Waals surface area contributed by atoms with E-state index in [9.17, 15) is 9.59 Å². The molecule has 1 amide bonds. The lowest BCUT2D eigenvalue weighted by Crippen LogP contribution is -2.20. The lowest BCUT2D eigenvalue weighted by Gasteiger charge is -2.12. The molecule has 0 unspecified atom stereocenters. The van der Waals surface area contributed by atoms with Crippen LogP contribution in [0.3, 0.4) is 0 Å². The number of allylic oxidation sites excluding steroid dienone is 1. The van der Waals surface area contributed by atoms with Crippen molar-refractivity contribution >= 4 is 23.5 Å². The van der Waals surface area contributed by atoms with Gasteiger partial charge in [0.2, 0.25) is 5.78 Å². The van der Waals surface area contributed by atoms with Crippen LogP contribution >= 0.6 is 0 Å². The third kappa shape index (κ3) is 4.98. The predicted molar refractivity (Wildman–Crippen MR) is 124 cm³/mol. The fraction of sp³-hybridized carbons (Fsp3) is 0.154. The number of ketones is 1. The van der Waals surface area contributed by atoms with E-state index in [0.29, 0.717) is 34.2 Å². The molecule has 7 nitrogen and oxygen atoms in total. The van der Waals surface area contributed by atoms with E-state index in [1.165, 1.54) is 0 Å². The van der Waals surface area contributed by atoms with Crippen LogP contribution in [0.15, 0.2) is 66.4 Å². The first-order chi connectivity index (χ1) is 16.0. The Morgan fingerprint density at radius 2 is 1.85 bits per heavy atom. The number of ether oxygens (including phenoxy) is 4. The van der Waals surface area contributed by atoms with Crippen LogP contribution in [-0.2, 0) is 4.79 Å². The molecule has 1 aliphatic heterocycles. The average molecular weight is 445 g/mol. The zero-order chi connectivity index (χ0) is 23.4. The molecular weight excluding hydrogens is 422 g/mol. The molecule has 0 bridgehead atoms. The normalized spacial score (nSPS) is 13.3. The average Bonchev–Trinajstić information content (AvgIpc) is 3.12. The van der Waals surface area contributed by atoms with E-state index in [4.69, 9.17) is 18.9 Å². The van der Waals surface area contributed by atoms with Crippen molar-refractivity contribution in [3.05, 3.63) is 83.1 Å². The maximum Gasteiger partial charge on any atom is 0.262 e. The number of carbonyl (C=O) groups is 2. The van der Waals surface area contributed by atoms with Crippen molar-refractivity contribution < 1.29 is 28.5 Å². The fourth-order valence-electron chi connectivity index (χ4n) is 3.39. The maximum absolute atomic E-state index is 12.7. The topological polar surface area (TPSA) is 83.1 Å². The zero-order valence-corrected chi connectivity index (χ0v) is 18.5. The van der Waals surface area contributed by atoms with Crippen molar-refractivity contribution in [3.63, 3.8) is 0 Å². The summed E-state index contributed by atoms with van der Waals surface area (Å²) in [5.41, 5.74) is 2.78. The Balaban J connectivity index is 1.42. The molecule has 1 heterocycles. The Morgan fingerprint density at radius 1 is 1.00 bits per heavy atom. The second-order valence-corrected chi connectivity index (χ2v) is 7.41. The molecular formula is C26H23NO6. The molecule has 0 radical (unpaired) electrons. The Bertz CT molecular complexity index is 1250. The van der Waals surface area contributed by atoms with E-state index in [2.05, 4.69) is 5.32 Å². The Hall–Kier alpha value is -4.26. The first kappa shape index (κ1) is 22.0. The van der Waals surface area contributed by atoms with Gasteiger partial charge in [-0.25, -0.2) is 0 Å². The van der Waals surface area contributed by atoms with E-state index in [0.717, 1.165) is 11.1 Å². The van der Waals surface area contributed by atoms with Gasteiger partial charge >= 0.3 is 0 Å². The highest BCUT2D eigenvalue weighted by Gasteiger charge is 2.27. The van der Waals surface area contributed by atoms with E-state index in [1.54, 1.807) is 44.6 Å². The van der Waals surface area contributed by atoms with Gasteiger partial charge in [0.25, 0.3) is 5.91 Å². The smallest absolute Gasteiger partial charge is 0.262 e. The molecule has 3 aromatic rings. The molecule has 0 fully saturated rings. The first-order valence-corrected chi connectivity index (χ1v) is 10.3. The van der Waals surface area contributed by atoms with Gasteiger partial charge in [-0.15, -0.1) is 0 Å². The standard InChI is InChI=1S/C26H23NO6/c1-16-7-10-22(31-3)21(11-16)27-25(28)15-32-19-8-9-20-23(14-19)33-24(26(20)29)13-17-5-4-6-18(12-17)30-2/h4-14H,15H2,1-3H3,(H,27,28)/b24-13-. The number of hydrogen-bond donors (Lipinski definition) is 1. The number of methoxy groups -OCH3 is 2. The van der Waals surface area contributed by atoms with Crippen LogP contribution in [0.1, 0.15) is 21.5 Å². The van der Waals surface area contributed by atoms with Crippen molar-refractivity contribution in [2.24, 2.45) is 0 Å². The zero-order valence-electron chi connectivity index (χ0n) is 18.5. The summed E-state index contributed by atoms with van der Waals surface area (Å²) in [6.45, 7) is 1.71. The Labute approximate surface area is 191 Å². The molecule has 1 N–H and O–H groups in total. The molecule has 0 saturated heterocycles. The van der Waals surface area contributed by atoms with Gasteiger partial charge in [-0.3, -0.25) is 9.59 Å². The summed E-state index contributed by atoms with van der Waals surface area (Å²) in [5.74, 6) is 1.69. The third-order valence-electron chi connectivity index (χ3n) is 5.03. The summed E-state index contributed by atoms with van der Waals surface area (Å²) in [6.07, 6.45) is 1.66. The lowest BCUT2D eigenvalue weighted by molar-refractivity contribution is -0.118. The predicted octanol–water partition coefficient (Wildman–Crippen LogP) is 4.65. The molecule has 33 heavy (non-hydrogen) atoms. The Morgan fingerprint density at radius 3 is 2.64 bits per heavy atom. The van der Waals surface area contributed by atoms with Gasteiger partial charge in [0.1, 0.15) is 23.0 Å². The minimum absolute atomic E-state index is 0.208. The number of carbonyl (C=O) groups excluding carboxylic acids is 2. The van der Waals surface area contributed by atoms with Gasteiger partial charge in [0.05, 0.1) is 25.5 Å². The fourth-order valence-corrected chi connectivity index (χ4v) is 3.39. The molecule has 3 aromatic carbocycles. The largest absolute Gasteiger partial charge is 0.497 e. The van der Waals surface area contributed by atoms with Gasteiger partial charge in [-0.2, -0.15) is 0 Å². The minimum Gasteiger partial charge on any atom is -0.497 e. The number of aryl methyl sites for hydroxylation is 1. The van der Waals surface area contributed by atoms with Gasteiger partial charge in [0, 0.05) is 6.07 Å². The summed E-state index contributed by atoms with van der Waals surface area (Å²) in [6, 6.07) is 17.7. The molecule has 0 atom stereocenters. The Kier molecular flexibility index (Phi) is 6.31. The monoisotopic (exact) mass is 445 g/mol. The number of nitrogens with one attached hydrogen (secondary N) is 1. The van der Waals surface area contributed by atoms with E-state index in [-0.39, 0.29) is 24.1 Å². The van der Waals surface area contributed by atoms with Crippen LogP contribution in [0.4, 0.5) is 5.69 Å². The van der Waals surface area contributed by atoms with Crippen LogP contribution in [0.5, 0.6) is 23.0 Å². The molecule has 0 spiro atoms. The number of rotatable bonds is 7. The van der Waals surface area contributed by atoms with Gasteiger partial charge in [0.15, 0.2) is 12.4 Å². The third-order valence-corrected chi connectivity index (χ3v) is 5.03. The molecule has 7 heteroatoms. The van der Waals surface area contributed by atoms with Crippen LogP contribution in [0.2, 0.25) is 0 Å². The highest BCUT2D eigenvalue weighted by Crippen LogP contribution is 2.35. The van der Waals surface area contributed by atoms with Crippen LogP contribution < -0.4 is 24.3 Å². The number of hydrogen-bond acceptors (Lipinski definition) is 6. The quantitative estimate of drug-likeness (QED) is 0.533. The van der Waals surface area contributed by atoms with Crippen LogP contribution in [-0.4, -0.2) is 32.5 Å². The summed E-state index contributed by atoms with van der Waals surface area (Å²) >= 11 is 0. The van der Waals surface area contributed by atoms with Gasteiger partial charge in [-0.1, -0.05) is 18.2 Å². The second-order valence-electron chi connectivity index (χ2n) is 7.41. The number of fused-ring (bicyclic) bond motifs is 1. The summed E-state index contributed by atoms with van der Waals surface area (Å²) in [5, 5.41) is 2.78. The SMILES string of the molecule is COc1cccc(/C=C2\Oc3cc(OCC(=O)Nc4cc(C)ccc4OC)ccc3C2=O)c1. The van der Waals surface area contributed by atoms with Crippen molar-refractivity contribution in [3.8, 4) is 23.0 Å². The van der Waals surface area contributed by atoms with Crippen LogP contribution in [0.25, 0.3) is 6.08 Å². The summed E-state index contributed by atoms with van der Waals surface area (Å²) in [7, 11) is 3.12. The summed E-state index contributed by atoms with van der Waals surface area (Å²) in [4.78, 5) is 25.0. The molecule has 0 saturated carbocycles. The highest BCUT2D eigenvalue weighted by atomic mass is 16.5. The molecule has 1 aliphatic rings.